The summed E-state index contributed by atoms with van der Waals surface area (Å²) < 4.78 is 5.94. The second kappa shape index (κ2) is 4.42. The topological polar surface area (TPSA) is 21.3 Å². The van der Waals surface area contributed by atoms with E-state index in [1.54, 1.807) is 0 Å². The van der Waals surface area contributed by atoms with E-state index in [9.17, 15) is 0 Å². The Labute approximate surface area is 117 Å². The van der Waals surface area contributed by atoms with Crippen LogP contribution in [0.2, 0.25) is 0 Å². The lowest BCUT2D eigenvalue weighted by Crippen LogP contribution is -2.04. The molecule has 0 atom stereocenters. The number of benzene rings is 3. The maximum absolute atomic E-state index is 5.94. The zero-order valence-electron chi connectivity index (χ0n) is 10.7. The first-order valence-electron chi connectivity index (χ1n) is 6.47. The van der Waals surface area contributed by atoms with Crippen molar-refractivity contribution in [2.24, 2.45) is 0 Å². The maximum atomic E-state index is 5.94. The Morgan fingerprint density at radius 3 is 2.60 bits per heavy atom. The number of rotatable bonds is 1. The molecule has 0 aromatic heterocycles. The standard InChI is InChI=1S/C18H11NO/c1-2-7-13(8-3-1)14-9-6-12-17-18(14)19-15-10-4-5-11-16(15)20-17/h1-7,10-12,19H. The third-order valence-corrected chi connectivity index (χ3v) is 3.30. The molecule has 1 aliphatic heterocycles. The van der Waals surface area contributed by atoms with E-state index < -0.39 is 0 Å². The van der Waals surface area contributed by atoms with Gasteiger partial charge in [-0.3, -0.25) is 0 Å². The summed E-state index contributed by atoms with van der Waals surface area (Å²) >= 11 is 0. The molecule has 0 unspecified atom stereocenters. The quantitative estimate of drug-likeness (QED) is 0.528. The Balaban J connectivity index is 1.87. The van der Waals surface area contributed by atoms with E-state index in [-0.39, 0.29) is 0 Å². The van der Waals surface area contributed by atoms with Crippen molar-refractivity contribution in [3.8, 4) is 22.6 Å². The highest BCUT2D eigenvalue weighted by Gasteiger charge is 2.19. The highest BCUT2D eigenvalue weighted by molar-refractivity contribution is 5.88. The molecule has 1 aliphatic rings. The second-order valence-corrected chi connectivity index (χ2v) is 4.59. The number of nitrogens with one attached hydrogen (secondary N) is 1. The van der Waals surface area contributed by atoms with E-state index in [4.69, 9.17) is 4.74 Å². The first-order chi connectivity index (χ1) is 9.92. The van der Waals surface area contributed by atoms with Crippen LogP contribution >= 0.6 is 0 Å². The van der Waals surface area contributed by atoms with Crippen LogP contribution in [0.3, 0.4) is 0 Å². The van der Waals surface area contributed by atoms with Crippen molar-refractivity contribution >= 4 is 11.4 Å². The van der Waals surface area contributed by atoms with Crippen molar-refractivity contribution in [1.82, 2.24) is 0 Å². The molecular formula is C18H11NO. The molecule has 4 rings (SSSR count). The van der Waals surface area contributed by atoms with Crippen LogP contribution in [0.15, 0.2) is 60.7 Å². The Morgan fingerprint density at radius 1 is 0.800 bits per heavy atom. The highest BCUT2D eigenvalue weighted by Crippen LogP contribution is 2.45. The molecule has 94 valence electrons. The summed E-state index contributed by atoms with van der Waals surface area (Å²) in [4.78, 5) is 0. The molecule has 1 heterocycles. The summed E-state index contributed by atoms with van der Waals surface area (Å²) in [5, 5.41) is 3.43. The predicted molar refractivity (Wildman–Crippen MR) is 79.3 cm³/mol. The van der Waals surface area contributed by atoms with Crippen LogP contribution in [-0.4, -0.2) is 0 Å². The van der Waals surface area contributed by atoms with Gasteiger partial charge in [-0.2, -0.15) is 0 Å². The number of hydrogen-bond acceptors (Lipinski definition) is 2. The fraction of sp³-hybridized carbons (Fsp3) is 0. The number of para-hydroxylation sites is 2. The van der Waals surface area contributed by atoms with Crippen LogP contribution in [0.25, 0.3) is 11.1 Å². The second-order valence-electron chi connectivity index (χ2n) is 4.59. The monoisotopic (exact) mass is 257 g/mol. The molecule has 1 N–H and O–H groups in total. The summed E-state index contributed by atoms with van der Waals surface area (Å²) in [6.45, 7) is 0. The lowest BCUT2D eigenvalue weighted by molar-refractivity contribution is 0.481. The fourth-order valence-electron chi connectivity index (χ4n) is 2.36. The number of anilines is 2. The van der Waals surface area contributed by atoms with Gasteiger partial charge in [0.1, 0.15) is 0 Å². The average Bonchev–Trinajstić information content (AvgIpc) is 2.53. The molecule has 20 heavy (non-hydrogen) atoms. The molecule has 3 aromatic carbocycles. The minimum Gasteiger partial charge on any atom is -0.453 e. The van der Waals surface area contributed by atoms with Crippen LogP contribution in [0.1, 0.15) is 0 Å². The average molecular weight is 257 g/mol. The summed E-state index contributed by atoms with van der Waals surface area (Å²) in [6.07, 6.45) is 0. The van der Waals surface area contributed by atoms with E-state index in [0.29, 0.717) is 0 Å². The van der Waals surface area contributed by atoms with Crippen molar-refractivity contribution < 1.29 is 4.74 Å². The lowest BCUT2D eigenvalue weighted by Gasteiger charge is -2.23. The first-order valence-corrected chi connectivity index (χ1v) is 6.47. The Morgan fingerprint density at radius 2 is 1.70 bits per heavy atom. The largest absolute Gasteiger partial charge is 0.453 e. The van der Waals surface area contributed by atoms with Crippen molar-refractivity contribution in [3.05, 3.63) is 72.8 Å². The Bertz CT molecular complexity index is 765. The Kier molecular flexibility index (Phi) is 2.46. The minimum absolute atomic E-state index is 0.815. The van der Waals surface area contributed by atoms with Crippen LogP contribution in [0.5, 0.6) is 11.5 Å². The molecule has 0 spiro atoms. The van der Waals surface area contributed by atoms with Gasteiger partial charge in [0, 0.05) is 5.56 Å². The van der Waals surface area contributed by atoms with Crippen molar-refractivity contribution in [2.45, 2.75) is 0 Å². The van der Waals surface area contributed by atoms with Crippen LogP contribution in [0, 0.1) is 12.1 Å². The highest BCUT2D eigenvalue weighted by atomic mass is 16.5. The van der Waals surface area contributed by atoms with Gasteiger partial charge in [-0.15, -0.1) is 0 Å². The molecular weight excluding hydrogens is 246 g/mol. The number of hydrogen-bond donors (Lipinski definition) is 1. The van der Waals surface area contributed by atoms with Gasteiger partial charge < -0.3 is 10.1 Å². The first kappa shape index (κ1) is 11.1. The number of ether oxygens (including phenoxy) is 1. The predicted octanol–water partition coefficient (Wildman–Crippen LogP) is 4.80. The molecule has 0 fully saturated rings. The SMILES string of the molecule is [c]1ccccc1-c1[c]ccc2c1Nc1ccccc1O2. The van der Waals surface area contributed by atoms with Gasteiger partial charge in [-0.25, -0.2) is 0 Å². The van der Waals surface area contributed by atoms with E-state index in [0.717, 1.165) is 34.0 Å². The molecule has 0 saturated carbocycles. The van der Waals surface area contributed by atoms with Gasteiger partial charge in [-0.1, -0.05) is 36.4 Å². The molecule has 3 aromatic rings. The zero-order chi connectivity index (χ0) is 13.4. The molecule has 2 radical (unpaired) electrons. The normalized spacial score (nSPS) is 11.8. The van der Waals surface area contributed by atoms with Gasteiger partial charge in [0.05, 0.1) is 11.4 Å². The summed E-state index contributed by atoms with van der Waals surface area (Å²) in [5.74, 6) is 1.66. The van der Waals surface area contributed by atoms with Gasteiger partial charge in [-0.05, 0) is 42.0 Å². The van der Waals surface area contributed by atoms with Crippen LogP contribution < -0.4 is 10.1 Å². The van der Waals surface area contributed by atoms with Crippen LogP contribution in [-0.2, 0) is 0 Å². The maximum Gasteiger partial charge on any atom is 0.151 e. The Hall–Kier alpha value is -2.74. The van der Waals surface area contributed by atoms with Crippen LogP contribution in [0.4, 0.5) is 11.4 Å². The van der Waals surface area contributed by atoms with Crippen molar-refractivity contribution in [3.63, 3.8) is 0 Å². The third kappa shape index (κ3) is 1.74. The lowest BCUT2D eigenvalue weighted by atomic mass is 10.0. The summed E-state index contributed by atoms with van der Waals surface area (Å²) in [6, 6.07) is 26.1. The summed E-state index contributed by atoms with van der Waals surface area (Å²) in [7, 11) is 0. The molecule has 0 amide bonds. The van der Waals surface area contributed by atoms with Crippen molar-refractivity contribution in [1.29, 1.82) is 0 Å². The van der Waals surface area contributed by atoms with Gasteiger partial charge in [0.25, 0.3) is 0 Å². The van der Waals surface area contributed by atoms with E-state index >= 15 is 0 Å². The third-order valence-electron chi connectivity index (χ3n) is 3.30. The fourth-order valence-corrected chi connectivity index (χ4v) is 2.36. The minimum atomic E-state index is 0.815. The van der Waals surface area contributed by atoms with Gasteiger partial charge in [0.2, 0.25) is 0 Å². The molecule has 0 saturated heterocycles. The molecule has 2 nitrogen and oxygen atoms in total. The van der Waals surface area contributed by atoms with Gasteiger partial charge in [0.15, 0.2) is 11.5 Å². The van der Waals surface area contributed by atoms with Crippen molar-refractivity contribution in [2.75, 3.05) is 5.32 Å². The molecule has 0 bridgehead atoms. The molecule has 2 heteroatoms. The number of fused-ring (bicyclic) bond motifs is 2. The van der Waals surface area contributed by atoms with Gasteiger partial charge >= 0.3 is 0 Å². The van der Waals surface area contributed by atoms with E-state index in [2.05, 4.69) is 17.4 Å². The molecule has 0 aliphatic carbocycles. The smallest absolute Gasteiger partial charge is 0.151 e. The van der Waals surface area contributed by atoms with E-state index in [1.165, 1.54) is 0 Å². The van der Waals surface area contributed by atoms with E-state index in [1.807, 2.05) is 60.7 Å². The summed E-state index contributed by atoms with van der Waals surface area (Å²) in [5.41, 5.74) is 3.88. The zero-order valence-corrected chi connectivity index (χ0v) is 10.7.